The molecule has 2 aromatic rings. The van der Waals surface area contributed by atoms with Gasteiger partial charge in [-0.3, -0.25) is 9.69 Å². The van der Waals surface area contributed by atoms with Crippen LogP contribution in [0.4, 0.5) is 4.79 Å². The molecule has 4 rings (SSSR count). The Morgan fingerprint density at radius 2 is 1.74 bits per heavy atom. The van der Waals surface area contributed by atoms with Crippen LogP contribution in [0.25, 0.3) is 10.8 Å². The third kappa shape index (κ3) is 3.32. The Morgan fingerprint density at radius 1 is 1.04 bits per heavy atom. The highest BCUT2D eigenvalue weighted by Gasteiger charge is 2.52. The van der Waals surface area contributed by atoms with Crippen LogP contribution in [0.3, 0.4) is 0 Å². The summed E-state index contributed by atoms with van der Waals surface area (Å²) in [5, 5.41) is 5.24. The monoisotopic (exact) mass is 365 g/mol. The molecule has 2 fully saturated rings. The molecule has 0 unspecified atom stereocenters. The molecule has 2 aromatic carbocycles. The molecular formula is C22H27N3O2. The Labute approximate surface area is 160 Å². The van der Waals surface area contributed by atoms with Crippen molar-refractivity contribution in [1.82, 2.24) is 15.1 Å². The number of carbonyl (C=O) groups is 2. The molecule has 142 valence electrons. The van der Waals surface area contributed by atoms with E-state index < -0.39 is 5.54 Å². The van der Waals surface area contributed by atoms with E-state index in [9.17, 15) is 9.59 Å². The van der Waals surface area contributed by atoms with Gasteiger partial charge in [-0.1, -0.05) is 56.3 Å². The smallest absolute Gasteiger partial charge is 0.323 e. The maximum Gasteiger partial charge on any atom is 0.325 e. The number of likely N-dealkylation sites (tertiary alicyclic amines) is 1. The third-order valence-corrected chi connectivity index (χ3v) is 5.79. The Bertz CT molecular complexity index is 863. The number of fused-ring (bicyclic) bond motifs is 1. The van der Waals surface area contributed by atoms with Crippen LogP contribution in [-0.4, -0.2) is 46.9 Å². The van der Waals surface area contributed by atoms with Crippen molar-refractivity contribution in [2.45, 2.75) is 38.8 Å². The van der Waals surface area contributed by atoms with Gasteiger partial charge in [0.1, 0.15) is 5.54 Å². The van der Waals surface area contributed by atoms with Crippen LogP contribution in [0.1, 0.15) is 32.3 Å². The first kappa shape index (κ1) is 18.0. The summed E-state index contributed by atoms with van der Waals surface area (Å²) in [4.78, 5) is 29.6. The summed E-state index contributed by atoms with van der Waals surface area (Å²) in [5.41, 5.74) is 0.292. The Balaban J connectivity index is 1.52. The van der Waals surface area contributed by atoms with Crippen molar-refractivity contribution < 1.29 is 9.59 Å². The van der Waals surface area contributed by atoms with E-state index in [1.165, 1.54) is 4.90 Å². The fourth-order valence-corrected chi connectivity index (χ4v) is 4.39. The Kier molecular flexibility index (Phi) is 4.64. The number of hydrogen-bond donors (Lipinski definition) is 1. The normalized spacial score (nSPS) is 20.0. The summed E-state index contributed by atoms with van der Waals surface area (Å²) in [6.07, 6.45) is 1.38. The van der Waals surface area contributed by atoms with Gasteiger partial charge in [0.05, 0.1) is 6.54 Å². The fourth-order valence-electron chi connectivity index (χ4n) is 4.39. The highest BCUT2D eigenvalue weighted by atomic mass is 16.2. The first-order chi connectivity index (χ1) is 13.0. The second-order valence-electron chi connectivity index (χ2n) is 8.24. The predicted molar refractivity (Wildman–Crippen MR) is 106 cm³/mol. The number of nitrogens with one attached hydrogen (secondary N) is 1. The van der Waals surface area contributed by atoms with E-state index in [1.54, 1.807) is 0 Å². The second kappa shape index (κ2) is 6.97. The number of rotatable bonds is 4. The topological polar surface area (TPSA) is 52.7 Å². The van der Waals surface area contributed by atoms with E-state index in [1.807, 2.05) is 30.3 Å². The lowest BCUT2D eigenvalue weighted by Crippen LogP contribution is -2.55. The zero-order valence-electron chi connectivity index (χ0n) is 16.1. The van der Waals surface area contributed by atoms with Gasteiger partial charge in [-0.15, -0.1) is 0 Å². The van der Waals surface area contributed by atoms with Gasteiger partial charge < -0.3 is 10.2 Å². The van der Waals surface area contributed by atoms with E-state index in [4.69, 9.17) is 0 Å². The SMILES string of the molecule is CC(C)CN1CCC2(CC1)NC(=O)N(Cc1cccc3ccccc13)C2=O. The summed E-state index contributed by atoms with van der Waals surface area (Å²) in [6.45, 7) is 7.48. The van der Waals surface area contributed by atoms with E-state index in [-0.39, 0.29) is 11.9 Å². The molecule has 1 N–H and O–H groups in total. The molecule has 5 nitrogen and oxygen atoms in total. The lowest BCUT2D eigenvalue weighted by molar-refractivity contribution is -0.133. The lowest BCUT2D eigenvalue weighted by atomic mass is 9.87. The van der Waals surface area contributed by atoms with Crippen LogP contribution in [0.2, 0.25) is 0 Å². The molecule has 2 saturated heterocycles. The number of nitrogens with zero attached hydrogens (tertiary/aromatic N) is 2. The number of imide groups is 1. The zero-order chi connectivity index (χ0) is 19.0. The first-order valence-corrected chi connectivity index (χ1v) is 9.82. The largest absolute Gasteiger partial charge is 0.325 e. The van der Waals surface area contributed by atoms with Crippen molar-refractivity contribution in [2.24, 2.45) is 5.92 Å². The molecule has 0 aliphatic carbocycles. The second-order valence-corrected chi connectivity index (χ2v) is 8.24. The third-order valence-electron chi connectivity index (χ3n) is 5.79. The number of piperidine rings is 1. The molecule has 0 radical (unpaired) electrons. The van der Waals surface area contributed by atoms with Crippen LogP contribution in [0, 0.1) is 5.92 Å². The van der Waals surface area contributed by atoms with Crippen LogP contribution in [0.5, 0.6) is 0 Å². The van der Waals surface area contributed by atoms with Gasteiger partial charge in [0.15, 0.2) is 0 Å². The minimum Gasteiger partial charge on any atom is -0.323 e. The Morgan fingerprint density at radius 3 is 2.48 bits per heavy atom. The highest BCUT2D eigenvalue weighted by molar-refractivity contribution is 6.07. The maximum absolute atomic E-state index is 13.2. The van der Waals surface area contributed by atoms with Crippen molar-refractivity contribution in [3.05, 3.63) is 48.0 Å². The van der Waals surface area contributed by atoms with E-state index in [0.717, 1.165) is 36.0 Å². The molecule has 0 aromatic heterocycles. The molecule has 27 heavy (non-hydrogen) atoms. The summed E-state index contributed by atoms with van der Waals surface area (Å²) in [5.74, 6) is 0.542. The number of urea groups is 1. The fraction of sp³-hybridized carbons (Fsp3) is 0.455. The highest BCUT2D eigenvalue weighted by Crippen LogP contribution is 2.31. The number of carbonyl (C=O) groups excluding carboxylic acids is 2. The van der Waals surface area contributed by atoms with Crippen molar-refractivity contribution in [3.8, 4) is 0 Å². The van der Waals surface area contributed by atoms with E-state index in [2.05, 4.69) is 36.2 Å². The van der Waals surface area contributed by atoms with Crippen LogP contribution in [0.15, 0.2) is 42.5 Å². The quantitative estimate of drug-likeness (QED) is 0.845. The first-order valence-electron chi connectivity index (χ1n) is 9.82. The maximum atomic E-state index is 13.2. The molecule has 5 heteroatoms. The van der Waals surface area contributed by atoms with Crippen LogP contribution >= 0.6 is 0 Å². The van der Waals surface area contributed by atoms with E-state index in [0.29, 0.717) is 25.3 Å². The molecular weight excluding hydrogens is 338 g/mol. The van der Waals surface area contributed by atoms with Crippen LogP contribution in [-0.2, 0) is 11.3 Å². The van der Waals surface area contributed by atoms with Gasteiger partial charge >= 0.3 is 6.03 Å². The average Bonchev–Trinajstić information content (AvgIpc) is 2.88. The summed E-state index contributed by atoms with van der Waals surface area (Å²) in [7, 11) is 0. The molecule has 2 aliphatic rings. The molecule has 1 spiro atoms. The van der Waals surface area contributed by atoms with Gasteiger partial charge in [0.2, 0.25) is 0 Å². The van der Waals surface area contributed by atoms with Gasteiger partial charge in [-0.25, -0.2) is 4.79 Å². The predicted octanol–water partition coefficient (Wildman–Crippen LogP) is 3.38. The molecule has 0 atom stereocenters. The minimum atomic E-state index is -0.713. The van der Waals surface area contributed by atoms with Gasteiger partial charge in [-0.05, 0) is 35.1 Å². The number of hydrogen-bond acceptors (Lipinski definition) is 3. The average molecular weight is 365 g/mol. The van der Waals surface area contributed by atoms with Crippen molar-refractivity contribution in [3.63, 3.8) is 0 Å². The molecule has 3 amide bonds. The Hall–Kier alpha value is -2.40. The summed E-state index contributed by atoms with van der Waals surface area (Å²) < 4.78 is 0. The molecule has 0 bridgehead atoms. The standard InChI is InChI=1S/C22H27N3O2/c1-16(2)14-24-12-10-22(11-13-24)20(26)25(21(27)23-22)15-18-8-5-7-17-6-3-4-9-19(17)18/h3-9,16H,10-15H2,1-2H3,(H,23,27). The zero-order valence-corrected chi connectivity index (χ0v) is 16.1. The molecule has 0 saturated carbocycles. The van der Waals surface area contributed by atoms with Gasteiger partial charge in [-0.2, -0.15) is 0 Å². The lowest BCUT2D eigenvalue weighted by Gasteiger charge is -2.38. The van der Waals surface area contributed by atoms with E-state index >= 15 is 0 Å². The van der Waals surface area contributed by atoms with Crippen LogP contribution < -0.4 is 5.32 Å². The minimum absolute atomic E-state index is 0.0652. The van der Waals surface area contributed by atoms with Crippen molar-refractivity contribution in [2.75, 3.05) is 19.6 Å². The van der Waals surface area contributed by atoms with Gasteiger partial charge in [0.25, 0.3) is 5.91 Å². The van der Waals surface area contributed by atoms with Gasteiger partial charge in [0, 0.05) is 19.6 Å². The van der Waals surface area contributed by atoms with Crippen molar-refractivity contribution >= 4 is 22.7 Å². The molecule has 2 heterocycles. The van der Waals surface area contributed by atoms with Crippen molar-refractivity contribution in [1.29, 1.82) is 0 Å². The molecule has 2 aliphatic heterocycles. The number of benzene rings is 2. The number of amides is 3. The summed E-state index contributed by atoms with van der Waals surface area (Å²) in [6, 6.07) is 13.9. The summed E-state index contributed by atoms with van der Waals surface area (Å²) >= 11 is 0.